The average Bonchev–Trinajstić information content (AvgIpc) is 2.09. The van der Waals surface area contributed by atoms with E-state index in [0.717, 1.165) is 13.0 Å². The molecule has 3 heteroatoms. The summed E-state index contributed by atoms with van der Waals surface area (Å²) >= 11 is 0. The molecule has 15 heavy (non-hydrogen) atoms. The highest BCUT2D eigenvalue weighted by Gasteiger charge is 2.38. The summed E-state index contributed by atoms with van der Waals surface area (Å²) in [5, 5.41) is 13.3. The van der Waals surface area contributed by atoms with E-state index in [4.69, 9.17) is 0 Å². The summed E-state index contributed by atoms with van der Waals surface area (Å²) in [7, 11) is 4.30. The highest BCUT2D eigenvalue weighted by atomic mass is 16.3. The molecule has 1 unspecified atom stereocenters. The molecule has 0 amide bonds. The lowest BCUT2D eigenvalue weighted by molar-refractivity contribution is 0.0320. The lowest BCUT2D eigenvalue weighted by Gasteiger charge is -2.48. The van der Waals surface area contributed by atoms with Crippen molar-refractivity contribution < 1.29 is 5.11 Å². The van der Waals surface area contributed by atoms with Crippen LogP contribution >= 0.6 is 0 Å². The van der Waals surface area contributed by atoms with Gasteiger partial charge in [0, 0.05) is 18.6 Å². The first kappa shape index (κ1) is 12.9. The van der Waals surface area contributed by atoms with E-state index in [1.54, 1.807) is 0 Å². The third-order valence-corrected chi connectivity index (χ3v) is 3.95. The third-order valence-electron chi connectivity index (χ3n) is 3.95. The molecule has 3 nitrogen and oxygen atoms in total. The van der Waals surface area contributed by atoms with Crippen LogP contribution in [0.15, 0.2) is 0 Å². The Morgan fingerprint density at radius 2 is 2.00 bits per heavy atom. The molecule has 0 saturated heterocycles. The Morgan fingerprint density at radius 1 is 1.40 bits per heavy atom. The second-order valence-electron chi connectivity index (χ2n) is 5.43. The summed E-state index contributed by atoms with van der Waals surface area (Å²) in [5.41, 5.74) is -0.207. The molecule has 0 aromatic carbocycles. The van der Waals surface area contributed by atoms with E-state index in [2.05, 4.69) is 24.3 Å². The van der Waals surface area contributed by atoms with Crippen LogP contribution in [0.5, 0.6) is 0 Å². The fraction of sp³-hybridized carbons (Fsp3) is 1.00. The van der Waals surface area contributed by atoms with Crippen molar-refractivity contribution in [2.75, 3.05) is 27.2 Å². The maximum absolute atomic E-state index is 9.87. The highest BCUT2D eigenvalue weighted by Crippen LogP contribution is 2.35. The van der Waals surface area contributed by atoms with Gasteiger partial charge in [0.1, 0.15) is 0 Å². The molecule has 1 atom stereocenters. The maximum Gasteiger partial charge on any atom is 0.0741 e. The molecule has 0 heterocycles. The smallest absolute Gasteiger partial charge is 0.0741 e. The van der Waals surface area contributed by atoms with Crippen LogP contribution in [0.25, 0.3) is 0 Å². The molecule has 0 aromatic heterocycles. The Kier molecular flexibility index (Phi) is 4.15. The zero-order valence-electron chi connectivity index (χ0n) is 10.6. The van der Waals surface area contributed by atoms with E-state index in [1.807, 2.05) is 13.8 Å². The van der Waals surface area contributed by atoms with Crippen molar-refractivity contribution in [2.45, 2.75) is 50.7 Å². The van der Waals surface area contributed by atoms with E-state index < -0.39 is 5.60 Å². The zero-order valence-corrected chi connectivity index (χ0v) is 10.6. The second-order valence-corrected chi connectivity index (χ2v) is 5.43. The van der Waals surface area contributed by atoms with Gasteiger partial charge < -0.3 is 15.3 Å². The van der Waals surface area contributed by atoms with Gasteiger partial charge in [0.2, 0.25) is 0 Å². The third kappa shape index (κ3) is 3.16. The van der Waals surface area contributed by atoms with Gasteiger partial charge in [0.05, 0.1) is 5.60 Å². The molecular formula is C12H26N2O. The van der Waals surface area contributed by atoms with Gasteiger partial charge in [-0.15, -0.1) is 0 Å². The normalized spacial score (nSPS) is 23.6. The standard InChI is InChI=1S/C12H26N2O/c1-5-11(2,15)9-13-10-12(14(3)4)7-6-8-12/h13,15H,5-10H2,1-4H3. The van der Waals surface area contributed by atoms with Crippen molar-refractivity contribution in [1.82, 2.24) is 10.2 Å². The maximum atomic E-state index is 9.87. The van der Waals surface area contributed by atoms with Gasteiger partial charge in [0.15, 0.2) is 0 Å². The number of likely N-dealkylation sites (N-methyl/N-ethyl adjacent to an activating group) is 1. The molecule has 1 saturated carbocycles. The van der Waals surface area contributed by atoms with E-state index in [1.165, 1.54) is 19.3 Å². The van der Waals surface area contributed by atoms with Crippen LogP contribution in [-0.2, 0) is 0 Å². The molecule has 0 bridgehead atoms. The number of hydrogen-bond donors (Lipinski definition) is 2. The topological polar surface area (TPSA) is 35.5 Å². The molecule has 0 spiro atoms. The SMILES string of the molecule is CCC(C)(O)CNCC1(N(C)C)CCC1. The van der Waals surface area contributed by atoms with Crippen molar-refractivity contribution >= 4 is 0 Å². The van der Waals surface area contributed by atoms with Crippen LogP contribution in [0, 0.1) is 0 Å². The highest BCUT2D eigenvalue weighted by molar-refractivity contribution is 4.97. The van der Waals surface area contributed by atoms with Crippen LogP contribution in [0.3, 0.4) is 0 Å². The quantitative estimate of drug-likeness (QED) is 0.698. The summed E-state index contributed by atoms with van der Waals surface area (Å²) < 4.78 is 0. The Balaban J connectivity index is 2.30. The summed E-state index contributed by atoms with van der Waals surface area (Å²) in [4.78, 5) is 2.32. The summed E-state index contributed by atoms with van der Waals surface area (Å²) in [6.45, 7) is 5.60. The first-order valence-corrected chi connectivity index (χ1v) is 6.02. The minimum absolute atomic E-state index is 0.351. The minimum Gasteiger partial charge on any atom is -0.389 e. The van der Waals surface area contributed by atoms with Gasteiger partial charge in [-0.1, -0.05) is 6.92 Å². The monoisotopic (exact) mass is 214 g/mol. The fourth-order valence-corrected chi connectivity index (χ4v) is 2.06. The van der Waals surface area contributed by atoms with Crippen molar-refractivity contribution in [3.63, 3.8) is 0 Å². The second kappa shape index (κ2) is 4.81. The molecule has 0 radical (unpaired) electrons. The predicted molar refractivity (Wildman–Crippen MR) is 64.1 cm³/mol. The minimum atomic E-state index is -0.558. The zero-order chi connectivity index (χ0) is 11.5. The van der Waals surface area contributed by atoms with Gasteiger partial charge >= 0.3 is 0 Å². The van der Waals surface area contributed by atoms with Gasteiger partial charge in [-0.25, -0.2) is 0 Å². The number of aliphatic hydroxyl groups is 1. The number of nitrogens with zero attached hydrogens (tertiary/aromatic N) is 1. The Labute approximate surface area is 93.9 Å². The lowest BCUT2D eigenvalue weighted by Crippen LogP contribution is -2.57. The van der Waals surface area contributed by atoms with E-state index >= 15 is 0 Å². The van der Waals surface area contributed by atoms with Crippen molar-refractivity contribution in [3.05, 3.63) is 0 Å². The van der Waals surface area contributed by atoms with Crippen LogP contribution in [-0.4, -0.2) is 48.3 Å². The first-order valence-electron chi connectivity index (χ1n) is 6.02. The lowest BCUT2D eigenvalue weighted by atomic mass is 9.75. The van der Waals surface area contributed by atoms with Crippen molar-refractivity contribution in [1.29, 1.82) is 0 Å². The van der Waals surface area contributed by atoms with Gasteiger partial charge in [-0.2, -0.15) is 0 Å². The first-order chi connectivity index (χ1) is 6.92. The molecule has 1 aliphatic carbocycles. The van der Waals surface area contributed by atoms with Gasteiger partial charge in [-0.05, 0) is 46.7 Å². The van der Waals surface area contributed by atoms with Crippen LogP contribution < -0.4 is 5.32 Å². The van der Waals surface area contributed by atoms with Crippen LogP contribution in [0.1, 0.15) is 39.5 Å². The largest absolute Gasteiger partial charge is 0.389 e. The van der Waals surface area contributed by atoms with Crippen molar-refractivity contribution in [2.24, 2.45) is 0 Å². The Morgan fingerprint density at radius 3 is 2.33 bits per heavy atom. The van der Waals surface area contributed by atoms with Crippen LogP contribution in [0.4, 0.5) is 0 Å². The molecule has 1 aliphatic rings. The number of hydrogen-bond acceptors (Lipinski definition) is 3. The van der Waals surface area contributed by atoms with Crippen molar-refractivity contribution in [3.8, 4) is 0 Å². The molecular weight excluding hydrogens is 188 g/mol. The number of rotatable bonds is 6. The summed E-state index contributed by atoms with van der Waals surface area (Å²) in [6.07, 6.45) is 4.70. The molecule has 2 N–H and O–H groups in total. The fourth-order valence-electron chi connectivity index (χ4n) is 2.06. The van der Waals surface area contributed by atoms with Crippen LogP contribution in [0.2, 0.25) is 0 Å². The molecule has 1 rings (SSSR count). The Bertz CT molecular complexity index is 198. The summed E-state index contributed by atoms with van der Waals surface area (Å²) in [6, 6.07) is 0. The molecule has 0 aromatic rings. The van der Waals surface area contributed by atoms with Gasteiger partial charge in [0.25, 0.3) is 0 Å². The Hall–Kier alpha value is -0.120. The van der Waals surface area contributed by atoms with E-state index in [9.17, 15) is 5.11 Å². The predicted octanol–water partition coefficient (Wildman–Crippen LogP) is 1.22. The molecule has 1 fully saturated rings. The molecule has 90 valence electrons. The molecule has 0 aliphatic heterocycles. The summed E-state index contributed by atoms with van der Waals surface area (Å²) in [5.74, 6) is 0. The number of nitrogens with one attached hydrogen (secondary N) is 1. The average molecular weight is 214 g/mol. The van der Waals surface area contributed by atoms with E-state index in [-0.39, 0.29) is 0 Å². The van der Waals surface area contributed by atoms with Gasteiger partial charge in [-0.3, -0.25) is 0 Å². The van der Waals surface area contributed by atoms with E-state index in [0.29, 0.717) is 12.1 Å².